The van der Waals surface area contributed by atoms with Gasteiger partial charge in [-0.05, 0) is 61.7 Å². The van der Waals surface area contributed by atoms with Gasteiger partial charge in [0, 0.05) is 37.9 Å². The molecule has 3 rings (SSSR count). The van der Waals surface area contributed by atoms with Crippen LogP contribution in [0, 0.1) is 13.8 Å². The van der Waals surface area contributed by atoms with E-state index in [0.29, 0.717) is 6.04 Å². The molecular weight excluding hydrogens is 324 g/mol. The van der Waals surface area contributed by atoms with Gasteiger partial charge in [-0.25, -0.2) is 0 Å². The summed E-state index contributed by atoms with van der Waals surface area (Å²) in [7, 11) is 3.45. The average molecular weight is 354 g/mol. The smallest absolute Gasteiger partial charge is 0.121 e. The molecule has 1 fully saturated rings. The van der Waals surface area contributed by atoms with Gasteiger partial charge in [0.2, 0.25) is 0 Å². The fourth-order valence-electron chi connectivity index (χ4n) is 3.80. The van der Waals surface area contributed by atoms with Crippen molar-refractivity contribution in [2.75, 3.05) is 45.3 Å². The van der Waals surface area contributed by atoms with Gasteiger partial charge in [-0.2, -0.15) is 0 Å². The number of piperazine rings is 1. The van der Waals surface area contributed by atoms with Crippen LogP contribution in [0.15, 0.2) is 36.4 Å². The molecular formula is C22H30N2O2. The van der Waals surface area contributed by atoms with Gasteiger partial charge in [0.25, 0.3) is 0 Å². The Hall–Kier alpha value is -2.20. The lowest BCUT2D eigenvalue weighted by Gasteiger charge is -2.39. The Morgan fingerprint density at radius 3 is 1.92 bits per heavy atom. The molecule has 26 heavy (non-hydrogen) atoms. The van der Waals surface area contributed by atoms with E-state index in [4.69, 9.17) is 9.47 Å². The summed E-state index contributed by atoms with van der Waals surface area (Å²) < 4.78 is 10.8. The number of rotatable bonds is 5. The molecule has 0 aromatic heterocycles. The van der Waals surface area contributed by atoms with Crippen LogP contribution in [-0.2, 0) is 0 Å². The second-order valence-corrected chi connectivity index (χ2v) is 7.08. The minimum Gasteiger partial charge on any atom is -0.496 e. The van der Waals surface area contributed by atoms with Crippen molar-refractivity contribution in [3.8, 4) is 11.5 Å². The van der Waals surface area contributed by atoms with E-state index >= 15 is 0 Å². The lowest BCUT2D eigenvalue weighted by Crippen LogP contribution is -2.47. The highest BCUT2D eigenvalue weighted by molar-refractivity contribution is 5.53. The summed E-state index contributed by atoms with van der Waals surface area (Å²) in [6.07, 6.45) is 0. The van der Waals surface area contributed by atoms with Crippen molar-refractivity contribution in [1.82, 2.24) is 4.90 Å². The first-order chi connectivity index (χ1) is 12.5. The first kappa shape index (κ1) is 18.6. The van der Waals surface area contributed by atoms with Gasteiger partial charge in [0.05, 0.1) is 14.2 Å². The topological polar surface area (TPSA) is 24.9 Å². The standard InChI is InChI=1S/C22H30N2O2/c1-16-14-19(6-8-21(16)25-4)18(3)23-10-12-24(13-11-23)20-7-9-22(26-5)17(2)15-20/h6-9,14-15,18H,10-13H2,1-5H3. The quantitative estimate of drug-likeness (QED) is 0.803. The fourth-order valence-corrected chi connectivity index (χ4v) is 3.80. The number of ether oxygens (including phenoxy) is 2. The van der Waals surface area contributed by atoms with Crippen LogP contribution < -0.4 is 14.4 Å². The summed E-state index contributed by atoms with van der Waals surface area (Å²) in [4.78, 5) is 5.03. The van der Waals surface area contributed by atoms with E-state index < -0.39 is 0 Å². The SMILES string of the molecule is COc1ccc(C(C)N2CCN(c3ccc(OC)c(C)c3)CC2)cc1C. The third kappa shape index (κ3) is 3.80. The van der Waals surface area contributed by atoms with Crippen LogP contribution >= 0.6 is 0 Å². The Bertz CT molecular complexity index is 752. The maximum atomic E-state index is 5.39. The Labute approximate surface area is 157 Å². The summed E-state index contributed by atoms with van der Waals surface area (Å²) in [6.45, 7) is 10.7. The third-order valence-electron chi connectivity index (χ3n) is 5.51. The normalized spacial score (nSPS) is 16.4. The van der Waals surface area contributed by atoms with Crippen molar-refractivity contribution in [3.05, 3.63) is 53.1 Å². The summed E-state index contributed by atoms with van der Waals surface area (Å²) in [5.41, 5.74) is 5.03. The van der Waals surface area contributed by atoms with E-state index in [9.17, 15) is 0 Å². The predicted molar refractivity (Wildman–Crippen MR) is 108 cm³/mol. The van der Waals surface area contributed by atoms with Crippen molar-refractivity contribution in [3.63, 3.8) is 0 Å². The van der Waals surface area contributed by atoms with Crippen molar-refractivity contribution in [1.29, 1.82) is 0 Å². The molecule has 1 saturated heterocycles. The lowest BCUT2D eigenvalue weighted by molar-refractivity contribution is 0.198. The summed E-state index contributed by atoms with van der Waals surface area (Å²) >= 11 is 0. The number of hydrogen-bond acceptors (Lipinski definition) is 4. The Morgan fingerprint density at radius 2 is 1.38 bits per heavy atom. The van der Waals surface area contributed by atoms with E-state index in [0.717, 1.165) is 37.7 Å². The zero-order valence-corrected chi connectivity index (χ0v) is 16.6. The highest BCUT2D eigenvalue weighted by atomic mass is 16.5. The Balaban J connectivity index is 1.64. The number of anilines is 1. The van der Waals surface area contributed by atoms with Crippen molar-refractivity contribution < 1.29 is 9.47 Å². The second kappa shape index (κ2) is 8.00. The molecule has 1 atom stereocenters. The molecule has 0 saturated carbocycles. The summed E-state index contributed by atoms with van der Waals surface area (Å²) in [5, 5.41) is 0. The molecule has 0 N–H and O–H groups in total. The zero-order chi connectivity index (χ0) is 18.7. The third-order valence-corrected chi connectivity index (χ3v) is 5.51. The molecule has 0 bridgehead atoms. The lowest BCUT2D eigenvalue weighted by atomic mass is 10.0. The molecule has 1 unspecified atom stereocenters. The van der Waals surface area contributed by atoms with Crippen LogP contribution in [0.1, 0.15) is 29.7 Å². The first-order valence-corrected chi connectivity index (χ1v) is 9.31. The van der Waals surface area contributed by atoms with Gasteiger partial charge in [-0.15, -0.1) is 0 Å². The minimum atomic E-state index is 0.416. The van der Waals surface area contributed by atoms with Crippen molar-refractivity contribution in [2.45, 2.75) is 26.8 Å². The van der Waals surface area contributed by atoms with Gasteiger partial charge in [-0.1, -0.05) is 12.1 Å². The van der Waals surface area contributed by atoms with Crippen molar-refractivity contribution >= 4 is 5.69 Å². The largest absolute Gasteiger partial charge is 0.496 e. The van der Waals surface area contributed by atoms with Crippen molar-refractivity contribution in [2.24, 2.45) is 0 Å². The molecule has 0 amide bonds. The predicted octanol–water partition coefficient (Wildman–Crippen LogP) is 4.20. The summed E-state index contributed by atoms with van der Waals surface area (Å²) in [6, 6.07) is 13.4. The molecule has 2 aromatic carbocycles. The maximum Gasteiger partial charge on any atom is 0.121 e. The number of hydrogen-bond donors (Lipinski definition) is 0. The number of methoxy groups -OCH3 is 2. The highest BCUT2D eigenvalue weighted by Gasteiger charge is 2.23. The summed E-state index contributed by atoms with van der Waals surface area (Å²) in [5.74, 6) is 1.91. The second-order valence-electron chi connectivity index (χ2n) is 7.08. The highest BCUT2D eigenvalue weighted by Crippen LogP contribution is 2.29. The van der Waals surface area contributed by atoms with Gasteiger partial charge in [0.15, 0.2) is 0 Å². The van der Waals surface area contributed by atoms with Crippen LogP contribution in [0.5, 0.6) is 11.5 Å². The van der Waals surface area contributed by atoms with Gasteiger partial charge < -0.3 is 14.4 Å². The maximum absolute atomic E-state index is 5.39. The van der Waals surface area contributed by atoms with Crippen LogP contribution in [0.25, 0.3) is 0 Å². The van der Waals surface area contributed by atoms with Crippen LogP contribution in [-0.4, -0.2) is 45.3 Å². The minimum absolute atomic E-state index is 0.416. The van der Waals surface area contributed by atoms with Crippen LogP contribution in [0.2, 0.25) is 0 Å². The average Bonchev–Trinajstić information content (AvgIpc) is 2.67. The van der Waals surface area contributed by atoms with Crippen LogP contribution in [0.3, 0.4) is 0 Å². The molecule has 1 heterocycles. The molecule has 0 spiro atoms. The number of benzene rings is 2. The molecule has 2 aromatic rings. The molecule has 4 heteroatoms. The number of nitrogens with zero attached hydrogens (tertiary/aromatic N) is 2. The zero-order valence-electron chi connectivity index (χ0n) is 16.6. The molecule has 4 nitrogen and oxygen atoms in total. The van der Waals surface area contributed by atoms with E-state index in [1.165, 1.54) is 22.4 Å². The van der Waals surface area contributed by atoms with E-state index in [1.54, 1.807) is 14.2 Å². The van der Waals surface area contributed by atoms with Gasteiger partial charge in [0.1, 0.15) is 11.5 Å². The van der Waals surface area contributed by atoms with E-state index in [-0.39, 0.29) is 0 Å². The van der Waals surface area contributed by atoms with E-state index in [1.807, 2.05) is 0 Å². The molecule has 140 valence electrons. The Kier molecular flexibility index (Phi) is 5.72. The number of aryl methyl sites for hydroxylation is 2. The molecule has 1 aliphatic heterocycles. The van der Waals surface area contributed by atoms with Gasteiger partial charge >= 0.3 is 0 Å². The van der Waals surface area contributed by atoms with E-state index in [2.05, 4.69) is 67.0 Å². The molecule has 0 aliphatic carbocycles. The fraction of sp³-hybridized carbons (Fsp3) is 0.455. The molecule has 1 aliphatic rings. The van der Waals surface area contributed by atoms with Gasteiger partial charge in [-0.3, -0.25) is 4.90 Å². The first-order valence-electron chi connectivity index (χ1n) is 9.31. The van der Waals surface area contributed by atoms with Crippen LogP contribution in [0.4, 0.5) is 5.69 Å². The molecule has 0 radical (unpaired) electrons. The Morgan fingerprint density at radius 1 is 0.808 bits per heavy atom. The monoisotopic (exact) mass is 354 g/mol.